The van der Waals surface area contributed by atoms with Crippen LogP contribution in [-0.4, -0.2) is 19.1 Å². The Hall–Kier alpha value is -1.52. The molecule has 3 nitrogen and oxygen atoms in total. The Balaban J connectivity index is 2.18. The maximum atomic E-state index is 12.1. The van der Waals surface area contributed by atoms with Gasteiger partial charge in [0, 0.05) is 17.6 Å². The summed E-state index contributed by atoms with van der Waals surface area (Å²) in [6.45, 7) is 0.374. The highest BCUT2D eigenvalue weighted by molar-refractivity contribution is 7.98. The number of carbonyl (C=O) groups is 1. The van der Waals surface area contributed by atoms with Gasteiger partial charge in [0.1, 0.15) is 12.4 Å². The predicted molar refractivity (Wildman–Crippen MR) is 71.1 cm³/mol. The molecule has 0 N–H and O–H groups in total. The second kappa shape index (κ2) is 5.89. The molecule has 0 saturated heterocycles. The maximum absolute atomic E-state index is 12.1. The van der Waals surface area contributed by atoms with Crippen molar-refractivity contribution in [2.24, 2.45) is 0 Å². The van der Waals surface area contributed by atoms with Gasteiger partial charge in [0.2, 0.25) is 5.78 Å². The summed E-state index contributed by atoms with van der Waals surface area (Å²) in [6, 6.07) is 10.9. The van der Waals surface area contributed by atoms with Crippen LogP contribution >= 0.6 is 11.8 Å². The monoisotopic (exact) mass is 262 g/mol. The topological polar surface area (TPSA) is 39.4 Å². The first kappa shape index (κ1) is 12.9. The minimum atomic E-state index is -0.106. The van der Waals surface area contributed by atoms with Crippen LogP contribution in [0.25, 0.3) is 0 Å². The zero-order valence-corrected chi connectivity index (χ0v) is 11.1. The predicted octanol–water partition coefficient (Wildman–Crippen LogP) is 3.38. The Morgan fingerprint density at radius 3 is 2.56 bits per heavy atom. The molecule has 18 heavy (non-hydrogen) atoms. The van der Waals surface area contributed by atoms with Crippen LogP contribution < -0.4 is 0 Å². The molecule has 2 aromatic rings. The number of carbonyl (C=O) groups excluding carboxylic acids is 1. The Labute approximate surface area is 110 Å². The summed E-state index contributed by atoms with van der Waals surface area (Å²) in [4.78, 5) is 13.3. The highest BCUT2D eigenvalue weighted by atomic mass is 32.2. The molecule has 4 heteroatoms. The maximum Gasteiger partial charge on any atom is 0.228 e. The van der Waals surface area contributed by atoms with Gasteiger partial charge in [-0.1, -0.05) is 0 Å². The molecule has 0 radical (unpaired) electrons. The molecule has 0 amide bonds. The van der Waals surface area contributed by atoms with E-state index in [9.17, 15) is 4.79 Å². The van der Waals surface area contributed by atoms with Gasteiger partial charge in [-0.3, -0.25) is 4.79 Å². The second-order valence-electron chi connectivity index (χ2n) is 3.76. The van der Waals surface area contributed by atoms with E-state index in [1.54, 1.807) is 31.0 Å². The average Bonchev–Trinajstić information content (AvgIpc) is 2.87. The molecule has 1 aromatic carbocycles. The van der Waals surface area contributed by atoms with E-state index in [2.05, 4.69) is 0 Å². The van der Waals surface area contributed by atoms with E-state index in [-0.39, 0.29) is 5.78 Å². The van der Waals surface area contributed by atoms with E-state index in [4.69, 9.17) is 9.15 Å². The first-order chi connectivity index (χ1) is 8.74. The number of ketones is 1. The third-order valence-electron chi connectivity index (χ3n) is 2.52. The molecule has 0 spiro atoms. The summed E-state index contributed by atoms with van der Waals surface area (Å²) in [5, 5.41) is 0. The van der Waals surface area contributed by atoms with Crippen LogP contribution in [0.2, 0.25) is 0 Å². The van der Waals surface area contributed by atoms with Crippen LogP contribution in [0.4, 0.5) is 0 Å². The van der Waals surface area contributed by atoms with Crippen molar-refractivity contribution < 1.29 is 13.9 Å². The SMILES string of the molecule is COCc1ccc(C(=O)c2ccc(SC)cc2)o1. The van der Waals surface area contributed by atoms with Crippen molar-refractivity contribution >= 4 is 17.5 Å². The van der Waals surface area contributed by atoms with Crippen molar-refractivity contribution in [1.29, 1.82) is 0 Å². The summed E-state index contributed by atoms with van der Waals surface area (Å²) in [5.74, 6) is 0.894. The largest absolute Gasteiger partial charge is 0.455 e. The van der Waals surface area contributed by atoms with Gasteiger partial charge in [-0.15, -0.1) is 11.8 Å². The Morgan fingerprint density at radius 1 is 1.22 bits per heavy atom. The van der Waals surface area contributed by atoms with Gasteiger partial charge in [0.25, 0.3) is 0 Å². The summed E-state index contributed by atoms with van der Waals surface area (Å²) in [6.07, 6.45) is 2.00. The van der Waals surface area contributed by atoms with Crippen molar-refractivity contribution in [3.8, 4) is 0 Å². The van der Waals surface area contributed by atoms with Crippen molar-refractivity contribution in [1.82, 2.24) is 0 Å². The molecule has 0 bridgehead atoms. The normalized spacial score (nSPS) is 10.6. The van der Waals surface area contributed by atoms with E-state index >= 15 is 0 Å². The minimum absolute atomic E-state index is 0.106. The highest BCUT2D eigenvalue weighted by Crippen LogP contribution is 2.18. The molecule has 94 valence electrons. The number of rotatable bonds is 5. The Kier molecular flexibility index (Phi) is 4.23. The molecular formula is C14H14O3S. The number of furan rings is 1. The fourth-order valence-corrected chi connectivity index (χ4v) is 2.01. The molecule has 1 aromatic heterocycles. The summed E-state index contributed by atoms with van der Waals surface area (Å²) in [5.41, 5.74) is 0.631. The summed E-state index contributed by atoms with van der Waals surface area (Å²) < 4.78 is 10.4. The van der Waals surface area contributed by atoms with E-state index in [1.807, 2.05) is 30.5 Å². The van der Waals surface area contributed by atoms with Crippen molar-refractivity contribution in [3.63, 3.8) is 0 Å². The van der Waals surface area contributed by atoms with E-state index in [0.717, 1.165) is 4.90 Å². The average molecular weight is 262 g/mol. The van der Waals surface area contributed by atoms with Crippen LogP contribution in [0.1, 0.15) is 21.9 Å². The molecule has 0 saturated carbocycles. The molecule has 0 aliphatic rings. The smallest absolute Gasteiger partial charge is 0.228 e. The molecule has 0 atom stereocenters. The van der Waals surface area contributed by atoms with Crippen molar-refractivity contribution in [2.45, 2.75) is 11.5 Å². The number of benzene rings is 1. The minimum Gasteiger partial charge on any atom is -0.455 e. The lowest BCUT2D eigenvalue weighted by Crippen LogP contribution is -1.99. The molecule has 0 fully saturated rings. The zero-order valence-electron chi connectivity index (χ0n) is 10.3. The van der Waals surface area contributed by atoms with Gasteiger partial charge in [-0.25, -0.2) is 0 Å². The summed E-state index contributed by atoms with van der Waals surface area (Å²) in [7, 11) is 1.59. The van der Waals surface area contributed by atoms with Gasteiger partial charge in [0.05, 0.1) is 0 Å². The van der Waals surface area contributed by atoms with Gasteiger partial charge in [0.15, 0.2) is 5.76 Å². The fraction of sp³-hybridized carbons (Fsp3) is 0.214. The third-order valence-corrected chi connectivity index (χ3v) is 3.27. The van der Waals surface area contributed by atoms with E-state index in [1.165, 1.54) is 0 Å². The highest BCUT2D eigenvalue weighted by Gasteiger charge is 2.13. The van der Waals surface area contributed by atoms with Gasteiger partial charge < -0.3 is 9.15 Å². The van der Waals surface area contributed by atoms with Crippen molar-refractivity contribution in [3.05, 3.63) is 53.5 Å². The van der Waals surface area contributed by atoms with Crippen molar-refractivity contribution in [2.75, 3.05) is 13.4 Å². The number of hydrogen-bond acceptors (Lipinski definition) is 4. The van der Waals surface area contributed by atoms with Crippen LogP contribution in [-0.2, 0) is 11.3 Å². The number of hydrogen-bond donors (Lipinski definition) is 0. The third kappa shape index (κ3) is 2.83. The first-order valence-electron chi connectivity index (χ1n) is 5.51. The Bertz CT molecular complexity index is 528. The van der Waals surface area contributed by atoms with Crippen LogP contribution in [0.15, 0.2) is 45.7 Å². The number of ether oxygens (including phenoxy) is 1. The van der Waals surface area contributed by atoms with Crippen LogP contribution in [0.5, 0.6) is 0 Å². The number of methoxy groups -OCH3 is 1. The lowest BCUT2D eigenvalue weighted by molar-refractivity contribution is 0.1000. The van der Waals surface area contributed by atoms with Gasteiger partial charge in [-0.05, 0) is 42.7 Å². The molecule has 0 unspecified atom stereocenters. The molecular weight excluding hydrogens is 248 g/mol. The lowest BCUT2D eigenvalue weighted by atomic mass is 10.1. The van der Waals surface area contributed by atoms with Gasteiger partial charge >= 0.3 is 0 Å². The molecule has 2 rings (SSSR count). The van der Waals surface area contributed by atoms with E-state index < -0.39 is 0 Å². The second-order valence-corrected chi connectivity index (χ2v) is 4.64. The molecule has 0 aliphatic heterocycles. The zero-order chi connectivity index (χ0) is 13.0. The van der Waals surface area contributed by atoms with Crippen LogP contribution in [0.3, 0.4) is 0 Å². The summed E-state index contributed by atoms with van der Waals surface area (Å²) >= 11 is 1.64. The van der Waals surface area contributed by atoms with Crippen LogP contribution in [0, 0.1) is 0 Å². The van der Waals surface area contributed by atoms with Gasteiger partial charge in [-0.2, -0.15) is 0 Å². The standard InChI is InChI=1S/C14H14O3S/c1-16-9-11-5-8-13(17-11)14(15)10-3-6-12(18-2)7-4-10/h3-8H,9H2,1-2H3. The van der Waals surface area contributed by atoms with E-state index in [0.29, 0.717) is 23.7 Å². The molecule has 1 heterocycles. The first-order valence-corrected chi connectivity index (χ1v) is 6.73. The lowest BCUT2D eigenvalue weighted by Gasteiger charge is -2.00. The Morgan fingerprint density at radius 2 is 1.94 bits per heavy atom. The molecule has 0 aliphatic carbocycles. The quantitative estimate of drug-likeness (QED) is 0.611. The fourth-order valence-electron chi connectivity index (χ4n) is 1.60. The number of thioether (sulfide) groups is 1.